The number of benzene rings is 2. The Hall–Kier alpha value is -2.24. The fourth-order valence-corrected chi connectivity index (χ4v) is 2.56. The predicted molar refractivity (Wildman–Crippen MR) is 98.2 cm³/mol. The van der Waals surface area contributed by atoms with Crippen molar-refractivity contribution < 1.29 is 19.1 Å². The van der Waals surface area contributed by atoms with E-state index < -0.39 is 12.0 Å². The third kappa shape index (κ3) is 4.65. The van der Waals surface area contributed by atoms with Crippen molar-refractivity contribution in [3.05, 3.63) is 52.0 Å². The van der Waals surface area contributed by atoms with Crippen LogP contribution in [0.3, 0.4) is 0 Å². The maximum absolute atomic E-state index is 12.3. The number of Topliss-reactive ketones (excluding diaryl/α,β-unsaturated/α-hetero) is 1. The Morgan fingerprint density at radius 3 is 2.28 bits per heavy atom. The van der Waals surface area contributed by atoms with E-state index in [0.29, 0.717) is 32.8 Å². The molecule has 5 nitrogen and oxygen atoms in total. The standard InChI is InChI=1S/C18H17Cl2NO4/c1-10(22)12-7-8-15(16(9-12)24-3)25-11(2)18(23)21-17-13(19)5-4-6-14(17)20/h4-9,11H,1-3H3,(H,21,23)/t11-/m0/s1. The van der Waals surface area contributed by atoms with E-state index in [-0.39, 0.29) is 5.78 Å². The van der Waals surface area contributed by atoms with E-state index >= 15 is 0 Å². The lowest BCUT2D eigenvalue weighted by atomic mass is 10.1. The van der Waals surface area contributed by atoms with Gasteiger partial charge in [-0.15, -0.1) is 0 Å². The molecule has 0 heterocycles. The monoisotopic (exact) mass is 381 g/mol. The molecule has 0 saturated carbocycles. The van der Waals surface area contributed by atoms with Gasteiger partial charge in [0.15, 0.2) is 23.4 Å². The first-order valence-electron chi connectivity index (χ1n) is 7.44. The van der Waals surface area contributed by atoms with Gasteiger partial charge in [-0.1, -0.05) is 29.3 Å². The van der Waals surface area contributed by atoms with Crippen LogP contribution in [0.5, 0.6) is 11.5 Å². The normalized spacial score (nSPS) is 11.6. The molecule has 0 aliphatic rings. The average molecular weight is 382 g/mol. The molecule has 2 aromatic carbocycles. The quantitative estimate of drug-likeness (QED) is 0.741. The van der Waals surface area contributed by atoms with Gasteiger partial charge in [-0.25, -0.2) is 0 Å². The summed E-state index contributed by atoms with van der Waals surface area (Å²) in [7, 11) is 1.46. The number of nitrogens with one attached hydrogen (secondary N) is 1. The van der Waals surface area contributed by atoms with Crippen molar-refractivity contribution in [1.29, 1.82) is 0 Å². The van der Waals surface area contributed by atoms with Crippen LogP contribution >= 0.6 is 23.2 Å². The van der Waals surface area contributed by atoms with Crippen LogP contribution in [-0.4, -0.2) is 24.9 Å². The molecule has 0 aromatic heterocycles. The highest BCUT2D eigenvalue weighted by Crippen LogP contribution is 2.31. The van der Waals surface area contributed by atoms with Crippen LogP contribution < -0.4 is 14.8 Å². The summed E-state index contributed by atoms with van der Waals surface area (Å²) < 4.78 is 10.9. The highest BCUT2D eigenvalue weighted by atomic mass is 35.5. The molecule has 1 N–H and O–H groups in total. The zero-order chi connectivity index (χ0) is 18.6. The summed E-state index contributed by atoms with van der Waals surface area (Å²) in [6.07, 6.45) is -0.843. The van der Waals surface area contributed by atoms with E-state index in [9.17, 15) is 9.59 Å². The molecule has 0 radical (unpaired) electrons. The number of para-hydroxylation sites is 1. The topological polar surface area (TPSA) is 64.6 Å². The summed E-state index contributed by atoms with van der Waals surface area (Å²) in [5.74, 6) is 0.195. The Morgan fingerprint density at radius 1 is 1.08 bits per heavy atom. The third-order valence-corrected chi connectivity index (χ3v) is 4.08. The number of halogens is 2. The van der Waals surface area contributed by atoms with E-state index in [1.54, 1.807) is 43.3 Å². The minimum atomic E-state index is -0.843. The number of ether oxygens (including phenoxy) is 2. The number of methoxy groups -OCH3 is 1. The Balaban J connectivity index is 2.15. The van der Waals surface area contributed by atoms with Crippen molar-refractivity contribution in [3.63, 3.8) is 0 Å². The molecule has 0 saturated heterocycles. The van der Waals surface area contributed by atoms with Crippen molar-refractivity contribution in [1.82, 2.24) is 0 Å². The second-order valence-electron chi connectivity index (χ2n) is 5.27. The van der Waals surface area contributed by atoms with Crippen molar-refractivity contribution >= 4 is 40.6 Å². The van der Waals surface area contributed by atoms with Gasteiger partial charge in [-0.2, -0.15) is 0 Å². The lowest BCUT2D eigenvalue weighted by Gasteiger charge is -2.18. The van der Waals surface area contributed by atoms with Crippen LogP contribution in [0.2, 0.25) is 10.0 Å². The van der Waals surface area contributed by atoms with Crippen LogP contribution in [0.15, 0.2) is 36.4 Å². The van der Waals surface area contributed by atoms with Crippen LogP contribution in [-0.2, 0) is 4.79 Å². The van der Waals surface area contributed by atoms with E-state index in [0.717, 1.165) is 0 Å². The fourth-order valence-electron chi connectivity index (χ4n) is 2.07. The molecule has 25 heavy (non-hydrogen) atoms. The van der Waals surface area contributed by atoms with Crippen LogP contribution in [0.4, 0.5) is 5.69 Å². The number of amides is 1. The molecular formula is C18H17Cl2NO4. The van der Waals surface area contributed by atoms with Crippen LogP contribution in [0, 0.1) is 0 Å². The molecular weight excluding hydrogens is 365 g/mol. The number of hydrogen-bond donors (Lipinski definition) is 1. The zero-order valence-electron chi connectivity index (χ0n) is 13.9. The van der Waals surface area contributed by atoms with Crippen molar-refractivity contribution in [2.24, 2.45) is 0 Å². The predicted octanol–water partition coefficient (Wildman–Crippen LogP) is 4.61. The maximum Gasteiger partial charge on any atom is 0.265 e. The Kier molecular flexibility index (Phi) is 6.28. The van der Waals surface area contributed by atoms with Gasteiger partial charge in [0.1, 0.15) is 0 Å². The molecule has 0 spiro atoms. The Morgan fingerprint density at radius 2 is 1.72 bits per heavy atom. The smallest absolute Gasteiger partial charge is 0.265 e. The summed E-state index contributed by atoms with van der Waals surface area (Å²) in [4.78, 5) is 23.8. The molecule has 0 aliphatic heterocycles. The van der Waals surface area contributed by atoms with Crippen molar-refractivity contribution in [2.75, 3.05) is 12.4 Å². The molecule has 0 fully saturated rings. The molecule has 2 aromatic rings. The molecule has 0 bridgehead atoms. The second kappa shape index (κ2) is 8.23. The third-order valence-electron chi connectivity index (χ3n) is 3.45. The van der Waals surface area contributed by atoms with Crippen LogP contribution in [0.25, 0.3) is 0 Å². The molecule has 7 heteroatoms. The molecule has 0 aliphatic carbocycles. The summed E-state index contributed by atoms with van der Waals surface area (Å²) in [6.45, 7) is 3.04. The van der Waals surface area contributed by atoms with E-state index in [1.807, 2.05) is 0 Å². The summed E-state index contributed by atoms with van der Waals surface area (Å²) in [6, 6.07) is 9.68. The fraction of sp³-hybridized carbons (Fsp3) is 0.222. The van der Waals surface area contributed by atoms with Gasteiger partial charge in [0.2, 0.25) is 0 Å². The molecule has 2 rings (SSSR count). The summed E-state index contributed by atoms with van der Waals surface area (Å²) in [5, 5.41) is 3.30. The summed E-state index contributed by atoms with van der Waals surface area (Å²) in [5.41, 5.74) is 0.814. The zero-order valence-corrected chi connectivity index (χ0v) is 15.4. The van der Waals surface area contributed by atoms with Gasteiger partial charge in [0.25, 0.3) is 5.91 Å². The molecule has 0 unspecified atom stereocenters. The number of carbonyl (C=O) groups excluding carboxylic acids is 2. The average Bonchev–Trinajstić information content (AvgIpc) is 2.58. The number of ketones is 1. The van der Waals surface area contributed by atoms with Crippen molar-refractivity contribution in [2.45, 2.75) is 20.0 Å². The largest absolute Gasteiger partial charge is 0.493 e. The minimum absolute atomic E-state index is 0.0935. The maximum atomic E-state index is 12.3. The van der Waals surface area contributed by atoms with Gasteiger partial charge in [-0.05, 0) is 44.2 Å². The van der Waals surface area contributed by atoms with Gasteiger partial charge in [0, 0.05) is 5.56 Å². The molecule has 132 valence electrons. The Labute approximate surface area is 155 Å². The number of hydrogen-bond acceptors (Lipinski definition) is 4. The van der Waals surface area contributed by atoms with E-state index in [1.165, 1.54) is 14.0 Å². The lowest BCUT2D eigenvalue weighted by Crippen LogP contribution is -2.30. The van der Waals surface area contributed by atoms with Gasteiger partial charge in [0.05, 0.1) is 22.8 Å². The summed E-state index contributed by atoms with van der Waals surface area (Å²) >= 11 is 12.1. The SMILES string of the molecule is COc1cc(C(C)=O)ccc1O[C@@H](C)C(=O)Nc1c(Cl)cccc1Cl. The van der Waals surface area contributed by atoms with E-state index in [2.05, 4.69) is 5.32 Å². The van der Waals surface area contributed by atoms with Crippen LogP contribution in [0.1, 0.15) is 24.2 Å². The highest BCUT2D eigenvalue weighted by molar-refractivity contribution is 6.39. The number of anilines is 1. The first kappa shape index (κ1) is 19.1. The highest BCUT2D eigenvalue weighted by Gasteiger charge is 2.19. The van der Waals surface area contributed by atoms with Gasteiger partial charge < -0.3 is 14.8 Å². The number of rotatable bonds is 6. The van der Waals surface area contributed by atoms with Gasteiger partial charge >= 0.3 is 0 Å². The van der Waals surface area contributed by atoms with Crippen molar-refractivity contribution in [3.8, 4) is 11.5 Å². The number of carbonyl (C=O) groups is 2. The van der Waals surface area contributed by atoms with E-state index in [4.69, 9.17) is 32.7 Å². The lowest BCUT2D eigenvalue weighted by molar-refractivity contribution is -0.122. The second-order valence-corrected chi connectivity index (χ2v) is 6.08. The Bertz CT molecular complexity index is 787. The first-order chi connectivity index (χ1) is 11.8. The van der Waals surface area contributed by atoms with Gasteiger partial charge in [-0.3, -0.25) is 9.59 Å². The molecule has 1 atom stereocenters. The molecule has 1 amide bonds. The minimum Gasteiger partial charge on any atom is -0.493 e. The first-order valence-corrected chi connectivity index (χ1v) is 8.19.